The van der Waals surface area contributed by atoms with Gasteiger partial charge in [0.2, 0.25) is 0 Å². The van der Waals surface area contributed by atoms with Crippen molar-refractivity contribution in [2.45, 2.75) is 13.3 Å². The molecule has 0 fully saturated rings. The quantitative estimate of drug-likeness (QED) is 0.636. The van der Waals surface area contributed by atoms with Crippen LogP contribution in [0.1, 0.15) is 12.5 Å². The maximum absolute atomic E-state index is 3.00. The highest BCUT2D eigenvalue weighted by Gasteiger charge is 2.23. The van der Waals surface area contributed by atoms with Crippen LogP contribution in [0, 0.1) is 0 Å². The number of fused-ring (bicyclic) bond motifs is 1. The molecule has 0 unspecified atom stereocenters. The van der Waals surface area contributed by atoms with E-state index in [2.05, 4.69) is 85.7 Å². The minimum Gasteiger partial charge on any atom is -0.314 e. The van der Waals surface area contributed by atoms with Gasteiger partial charge in [-0.15, -0.1) is 13.2 Å². The van der Waals surface area contributed by atoms with Crippen LogP contribution < -0.4 is 4.90 Å². The summed E-state index contributed by atoms with van der Waals surface area (Å²) in [5, 5.41) is 0. The van der Waals surface area contributed by atoms with Crippen molar-refractivity contribution in [3.05, 3.63) is 85.1 Å². The fraction of sp³-hybridized carbons (Fsp3) is 0.111. The van der Waals surface area contributed by atoms with Crippen LogP contribution in [-0.4, -0.2) is 0 Å². The number of hydrogen-bond donors (Lipinski definition) is 0. The van der Waals surface area contributed by atoms with Gasteiger partial charge < -0.3 is 4.90 Å². The molecule has 0 aliphatic carbocycles. The molecule has 0 radical (unpaired) electrons. The summed E-state index contributed by atoms with van der Waals surface area (Å²) < 4.78 is 0. The van der Waals surface area contributed by atoms with Crippen molar-refractivity contribution in [1.82, 2.24) is 0 Å². The second kappa shape index (κ2) is 6.05. The first-order chi connectivity index (χ1) is 9.40. The number of rotatable bonds is 1. The number of benzene rings is 2. The first kappa shape index (κ1) is 13.2. The van der Waals surface area contributed by atoms with Crippen molar-refractivity contribution in [2.24, 2.45) is 0 Å². The average molecular weight is 249 g/mol. The van der Waals surface area contributed by atoms with E-state index < -0.39 is 0 Å². The van der Waals surface area contributed by atoms with Gasteiger partial charge >= 0.3 is 0 Å². The first-order valence-corrected chi connectivity index (χ1v) is 6.48. The van der Waals surface area contributed by atoms with Crippen LogP contribution >= 0.6 is 0 Å². The predicted molar refractivity (Wildman–Crippen MR) is 83.7 cm³/mol. The maximum atomic E-state index is 3.00. The highest BCUT2D eigenvalue weighted by Crippen LogP contribution is 2.39. The Bertz CT molecular complexity index is 569. The lowest BCUT2D eigenvalue weighted by Crippen LogP contribution is -2.10. The summed E-state index contributed by atoms with van der Waals surface area (Å²) in [6.45, 7) is 8.11. The maximum Gasteiger partial charge on any atom is 0.0494 e. The van der Waals surface area contributed by atoms with Gasteiger partial charge in [-0.2, -0.15) is 0 Å². The molecule has 0 aromatic heterocycles. The predicted octanol–water partition coefficient (Wildman–Crippen LogP) is 5.09. The lowest BCUT2D eigenvalue weighted by atomic mass is 10.1. The van der Waals surface area contributed by atoms with Gasteiger partial charge in [0.25, 0.3) is 0 Å². The van der Waals surface area contributed by atoms with E-state index >= 15 is 0 Å². The highest BCUT2D eigenvalue weighted by molar-refractivity contribution is 5.75. The van der Waals surface area contributed by atoms with E-state index in [4.69, 9.17) is 0 Å². The summed E-state index contributed by atoms with van der Waals surface area (Å²) in [5.41, 5.74) is 5.32. The van der Waals surface area contributed by atoms with Crippen LogP contribution in [0.15, 0.2) is 79.5 Å². The van der Waals surface area contributed by atoms with E-state index in [1.54, 1.807) is 0 Å². The zero-order valence-corrected chi connectivity index (χ0v) is 11.3. The Kier molecular flexibility index (Phi) is 4.19. The molecule has 0 saturated heterocycles. The molecule has 96 valence electrons. The van der Waals surface area contributed by atoms with Crippen LogP contribution in [0.5, 0.6) is 0 Å². The highest BCUT2D eigenvalue weighted by atomic mass is 15.2. The van der Waals surface area contributed by atoms with Gasteiger partial charge in [0.05, 0.1) is 0 Å². The topological polar surface area (TPSA) is 3.24 Å². The number of hydrogen-bond acceptors (Lipinski definition) is 1. The van der Waals surface area contributed by atoms with Gasteiger partial charge in [0.15, 0.2) is 0 Å². The fourth-order valence-electron chi connectivity index (χ4n) is 2.42. The Labute approximate surface area is 115 Å². The minimum absolute atomic E-state index is 1.03. The van der Waals surface area contributed by atoms with Crippen molar-refractivity contribution in [3.63, 3.8) is 0 Å². The lowest BCUT2D eigenvalue weighted by molar-refractivity contribution is 1.14. The minimum atomic E-state index is 1.03. The molecule has 19 heavy (non-hydrogen) atoms. The Balaban J connectivity index is 0.000000637. The van der Waals surface area contributed by atoms with Crippen molar-refractivity contribution < 1.29 is 0 Å². The van der Waals surface area contributed by atoms with E-state index in [1.807, 2.05) is 0 Å². The molecule has 1 aliphatic heterocycles. The van der Waals surface area contributed by atoms with E-state index in [1.165, 1.54) is 22.6 Å². The molecular formula is C18H19N. The van der Waals surface area contributed by atoms with E-state index in [9.17, 15) is 0 Å². The number of allylic oxidation sites excluding steroid dienone is 2. The SMILES string of the molecule is C/C=C1\Cc2ccccc2N1c1ccccc1.C=C. The summed E-state index contributed by atoms with van der Waals surface area (Å²) in [5.74, 6) is 0. The third-order valence-electron chi connectivity index (χ3n) is 3.24. The Morgan fingerprint density at radius 1 is 0.947 bits per heavy atom. The molecule has 0 bridgehead atoms. The second-order valence-corrected chi connectivity index (χ2v) is 4.26. The summed E-state index contributed by atoms with van der Waals surface area (Å²) in [6.07, 6.45) is 3.23. The zero-order chi connectivity index (χ0) is 13.7. The fourth-order valence-corrected chi connectivity index (χ4v) is 2.42. The third-order valence-corrected chi connectivity index (χ3v) is 3.24. The lowest BCUT2D eigenvalue weighted by Gasteiger charge is -2.21. The molecule has 0 amide bonds. The Morgan fingerprint density at radius 3 is 2.26 bits per heavy atom. The van der Waals surface area contributed by atoms with Gasteiger partial charge in [-0.3, -0.25) is 0 Å². The van der Waals surface area contributed by atoms with Gasteiger partial charge in [0.1, 0.15) is 0 Å². The summed E-state index contributed by atoms with van der Waals surface area (Å²) in [4.78, 5) is 2.34. The monoisotopic (exact) mass is 249 g/mol. The third kappa shape index (κ3) is 2.45. The Hall–Kier alpha value is -2.28. The van der Waals surface area contributed by atoms with Gasteiger partial charge in [-0.1, -0.05) is 42.5 Å². The molecule has 0 spiro atoms. The van der Waals surface area contributed by atoms with Gasteiger partial charge in [-0.25, -0.2) is 0 Å². The molecular weight excluding hydrogens is 230 g/mol. The van der Waals surface area contributed by atoms with E-state index in [-0.39, 0.29) is 0 Å². The molecule has 1 heterocycles. The van der Waals surface area contributed by atoms with E-state index in [0.29, 0.717) is 0 Å². The molecule has 0 N–H and O–H groups in total. The van der Waals surface area contributed by atoms with E-state index in [0.717, 1.165) is 6.42 Å². The molecule has 0 saturated carbocycles. The number of anilines is 2. The zero-order valence-electron chi connectivity index (χ0n) is 11.3. The van der Waals surface area contributed by atoms with Crippen molar-refractivity contribution in [1.29, 1.82) is 0 Å². The standard InChI is InChI=1S/C16H15N.C2H4/c1-2-14-12-13-8-6-7-11-16(13)17(14)15-9-4-3-5-10-15;1-2/h2-11H,12H2,1H3;1-2H2/b14-2+;. The van der Waals surface area contributed by atoms with Crippen molar-refractivity contribution in [3.8, 4) is 0 Å². The molecule has 1 nitrogen and oxygen atoms in total. The molecule has 2 aromatic carbocycles. The van der Waals surface area contributed by atoms with Crippen LogP contribution in [-0.2, 0) is 6.42 Å². The smallest absolute Gasteiger partial charge is 0.0494 e. The molecule has 3 rings (SSSR count). The largest absolute Gasteiger partial charge is 0.314 e. The van der Waals surface area contributed by atoms with Gasteiger partial charge in [0, 0.05) is 23.5 Å². The Morgan fingerprint density at radius 2 is 1.58 bits per heavy atom. The normalized spacial score (nSPS) is 14.8. The molecule has 2 aromatic rings. The van der Waals surface area contributed by atoms with Crippen molar-refractivity contribution >= 4 is 11.4 Å². The average Bonchev–Trinajstić information content (AvgIpc) is 2.88. The second-order valence-electron chi connectivity index (χ2n) is 4.26. The van der Waals surface area contributed by atoms with Crippen molar-refractivity contribution in [2.75, 3.05) is 4.90 Å². The number of nitrogens with zero attached hydrogens (tertiary/aromatic N) is 1. The number of para-hydroxylation sites is 2. The van der Waals surface area contributed by atoms with Crippen LogP contribution in [0.3, 0.4) is 0 Å². The van der Waals surface area contributed by atoms with Crippen LogP contribution in [0.4, 0.5) is 11.4 Å². The first-order valence-electron chi connectivity index (χ1n) is 6.48. The summed E-state index contributed by atoms with van der Waals surface area (Å²) in [6, 6.07) is 19.2. The molecule has 1 heteroatoms. The summed E-state index contributed by atoms with van der Waals surface area (Å²) in [7, 11) is 0. The molecule has 0 atom stereocenters. The van der Waals surface area contributed by atoms with Crippen LogP contribution in [0.25, 0.3) is 0 Å². The van der Waals surface area contributed by atoms with Gasteiger partial charge in [-0.05, 0) is 30.7 Å². The van der Waals surface area contributed by atoms with Crippen LogP contribution in [0.2, 0.25) is 0 Å². The summed E-state index contributed by atoms with van der Waals surface area (Å²) >= 11 is 0. The molecule has 1 aliphatic rings.